The van der Waals surface area contributed by atoms with E-state index in [1.807, 2.05) is 91.0 Å². The number of ether oxygens (including phenoxy) is 1. The molecular weight excluding hydrogens is 412 g/mol. The van der Waals surface area contributed by atoms with Gasteiger partial charge in [0.1, 0.15) is 6.61 Å². The third-order valence-corrected chi connectivity index (χ3v) is 5.55. The van der Waals surface area contributed by atoms with Crippen molar-refractivity contribution >= 4 is 11.7 Å². The first kappa shape index (κ1) is 24.4. The summed E-state index contributed by atoms with van der Waals surface area (Å²) in [7, 11) is 0. The molecule has 5 heteroatoms. The van der Waals surface area contributed by atoms with Crippen molar-refractivity contribution in [1.29, 1.82) is 0 Å². The SMILES string of the molecule is N[C@@H](CCc1ccccc1)C(=O)N[C@@H](CCc1ccccc1)C(=O)COCc1ccccc1. The van der Waals surface area contributed by atoms with E-state index in [1.54, 1.807) is 0 Å². The molecule has 0 spiro atoms. The highest BCUT2D eigenvalue weighted by molar-refractivity contribution is 5.91. The summed E-state index contributed by atoms with van der Waals surface area (Å²) < 4.78 is 5.63. The number of nitrogens with one attached hydrogen (secondary N) is 1. The molecule has 0 aliphatic heterocycles. The number of carbonyl (C=O) groups is 2. The van der Waals surface area contributed by atoms with E-state index in [4.69, 9.17) is 10.5 Å². The van der Waals surface area contributed by atoms with Crippen LogP contribution in [0, 0.1) is 0 Å². The van der Waals surface area contributed by atoms with Gasteiger partial charge in [0.05, 0.1) is 18.7 Å². The van der Waals surface area contributed by atoms with E-state index >= 15 is 0 Å². The maximum absolute atomic E-state index is 12.9. The van der Waals surface area contributed by atoms with Crippen LogP contribution < -0.4 is 11.1 Å². The van der Waals surface area contributed by atoms with Crippen LogP contribution in [0.1, 0.15) is 29.5 Å². The topological polar surface area (TPSA) is 81.4 Å². The maximum Gasteiger partial charge on any atom is 0.237 e. The molecule has 0 aliphatic rings. The van der Waals surface area contributed by atoms with Crippen molar-refractivity contribution in [3.8, 4) is 0 Å². The number of aryl methyl sites for hydroxylation is 2. The number of ketones is 1. The Morgan fingerprint density at radius 1 is 0.727 bits per heavy atom. The van der Waals surface area contributed by atoms with E-state index in [2.05, 4.69) is 5.32 Å². The second-order valence-electron chi connectivity index (χ2n) is 8.16. The zero-order valence-corrected chi connectivity index (χ0v) is 18.9. The summed E-state index contributed by atoms with van der Waals surface area (Å²) in [5.41, 5.74) is 9.39. The fraction of sp³-hybridized carbons (Fsp3) is 0.286. The Hall–Kier alpha value is -3.28. The molecule has 3 aromatic carbocycles. The third-order valence-electron chi connectivity index (χ3n) is 5.55. The Labute approximate surface area is 196 Å². The number of hydrogen-bond donors (Lipinski definition) is 2. The van der Waals surface area contributed by atoms with Gasteiger partial charge in [-0.2, -0.15) is 0 Å². The maximum atomic E-state index is 12.9. The van der Waals surface area contributed by atoms with Crippen molar-refractivity contribution in [3.05, 3.63) is 108 Å². The van der Waals surface area contributed by atoms with Crippen molar-refractivity contribution in [2.45, 2.75) is 44.4 Å². The molecule has 2 atom stereocenters. The molecule has 3 N–H and O–H groups in total. The Morgan fingerprint density at radius 3 is 1.76 bits per heavy atom. The van der Waals surface area contributed by atoms with Crippen molar-refractivity contribution in [2.75, 3.05) is 6.61 Å². The number of nitrogens with two attached hydrogens (primary N) is 1. The Balaban J connectivity index is 1.55. The lowest BCUT2D eigenvalue weighted by molar-refractivity contribution is -0.131. The number of amides is 1. The minimum absolute atomic E-state index is 0.0616. The average molecular weight is 445 g/mol. The molecule has 5 nitrogen and oxygen atoms in total. The molecule has 0 unspecified atom stereocenters. The van der Waals surface area contributed by atoms with Crippen LogP contribution in [0.5, 0.6) is 0 Å². The standard InChI is InChI=1S/C28H32N2O3/c29-25(18-16-22-10-4-1-5-11-22)28(32)30-26(19-17-23-12-6-2-7-13-23)27(31)21-33-20-24-14-8-3-9-15-24/h1-15,25-26H,16-21,29H2,(H,30,32)/t25-,26-/m0/s1. The molecule has 3 aromatic rings. The van der Waals surface area contributed by atoms with Crippen molar-refractivity contribution in [3.63, 3.8) is 0 Å². The van der Waals surface area contributed by atoms with Gasteiger partial charge in [-0.05, 0) is 42.4 Å². The number of carbonyl (C=O) groups excluding carboxylic acids is 2. The molecule has 0 radical (unpaired) electrons. The molecule has 0 fully saturated rings. The van der Waals surface area contributed by atoms with E-state index < -0.39 is 12.1 Å². The van der Waals surface area contributed by atoms with Crippen LogP contribution in [0.15, 0.2) is 91.0 Å². The van der Waals surface area contributed by atoms with Gasteiger partial charge < -0.3 is 15.8 Å². The summed E-state index contributed by atoms with van der Waals surface area (Å²) in [5, 5.41) is 2.88. The molecule has 172 valence electrons. The van der Waals surface area contributed by atoms with E-state index in [0.29, 0.717) is 32.3 Å². The minimum atomic E-state index is -0.678. The van der Waals surface area contributed by atoms with Crippen LogP contribution in [0.25, 0.3) is 0 Å². The van der Waals surface area contributed by atoms with Gasteiger partial charge in [-0.1, -0.05) is 91.0 Å². The molecule has 0 aromatic heterocycles. The largest absolute Gasteiger partial charge is 0.369 e. The molecule has 3 rings (SSSR count). The molecular formula is C28H32N2O3. The predicted molar refractivity (Wildman–Crippen MR) is 131 cm³/mol. The second-order valence-corrected chi connectivity index (χ2v) is 8.16. The molecule has 0 bridgehead atoms. The minimum Gasteiger partial charge on any atom is -0.369 e. The first-order valence-electron chi connectivity index (χ1n) is 11.4. The summed E-state index contributed by atoms with van der Waals surface area (Å²) in [6.45, 7) is 0.288. The lowest BCUT2D eigenvalue weighted by atomic mass is 10.0. The van der Waals surface area contributed by atoms with Crippen molar-refractivity contribution in [2.24, 2.45) is 5.73 Å². The molecule has 0 saturated heterocycles. The van der Waals surface area contributed by atoms with Crippen molar-refractivity contribution < 1.29 is 14.3 Å². The van der Waals surface area contributed by atoms with Gasteiger partial charge in [0.15, 0.2) is 5.78 Å². The highest BCUT2D eigenvalue weighted by atomic mass is 16.5. The van der Waals surface area contributed by atoms with Crippen LogP contribution in [0.2, 0.25) is 0 Å². The summed E-state index contributed by atoms with van der Waals surface area (Å²) >= 11 is 0. The number of hydrogen-bond acceptors (Lipinski definition) is 4. The van der Waals surface area contributed by atoms with Gasteiger partial charge in [-0.15, -0.1) is 0 Å². The highest BCUT2D eigenvalue weighted by Gasteiger charge is 2.23. The predicted octanol–water partition coefficient (Wildman–Crippen LogP) is 3.85. The van der Waals surface area contributed by atoms with Crippen LogP contribution in [0.3, 0.4) is 0 Å². The number of benzene rings is 3. The van der Waals surface area contributed by atoms with Crippen LogP contribution >= 0.6 is 0 Å². The van der Waals surface area contributed by atoms with Gasteiger partial charge >= 0.3 is 0 Å². The smallest absolute Gasteiger partial charge is 0.237 e. The van der Waals surface area contributed by atoms with Gasteiger partial charge in [0, 0.05) is 0 Å². The fourth-order valence-corrected chi connectivity index (χ4v) is 3.59. The van der Waals surface area contributed by atoms with E-state index in [1.165, 1.54) is 0 Å². The van der Waals surface area contributed by atoms with Gasteiger partial charge in [-0.25, -0.2) is 0 Å². The summed E-state index contributed by atoms with van der Waals surface area (Å²) in [6.07, 6.45) is 2.39. The Morgan fingerprint density at radius 2 is 1.21 bits per heavy atom. The van der Waals surface area contributed by atoms with Crippen LogP contribution in [-0.2, 0) is 33.8 Å². The van der Waals surface area contributed by atoms with Crippen LogP contribution in [0.4, 0.5) is 0 Å². The lowest BCUT2D eigenvalue weighted by Gasteiger charge is -2.20. The molecule has 1 amide bonds. The number of Topliss-reactive ketones (excluding diaryl/α,β-unsaturated/α-hetero) is 1. The fourth-order valence-electron chi connectivity index (χ4n) is 3.59. The first-order valence-corrected chi connectivity index (χ1v) is 11.4. The monoisotopic (exact) mass is 444 g/mol. The van der Waals surface area contributed by atoms with E-state index in [0.717, 1.165) is 16.7 Å². The van der Waals surface area contributed by atoms with Gasteiger partial charge in [0.25, 0.3) is 0 Å². The van der Waals surface area contributed by atoms with Gasteiger partial charge in [0.2, 0.25) is 5.91 Å². The zero-order valence-electron chi connectivity index (χ0n) is 18.9. The first-order chi connectivity index (χ1) is 16.1. The van der Waals surface area contributed by atoms with E-state index in [-0.39, 0.29) is 18.3 Å². The summed E-state index contributed by atoms with van der Waals surface area (Å²) in [4.78, 5) is 25.7. The Kier molecular flexibility index (Phi) is 9.83. The number of rotatable bonds is 13. The molecule has 0 heterocycles. The lowest BCUT2D eigenvalue weighted by Crippen LogP contribution is -2.49. The zero-order chi connectivity index (χ0) is 23.3. The average Bonchev–Trinajstić information content (AvgIpc) is 2.86. The third kappa shape index (κ3) is 8.64. The molecule has 33 heavy (non-hydrogen) atoms. The quantitative estimate of drug-likeness (QED) is 0.420. The summed E-state index contributed by atoms with van der Waals surface area (Å²) in [5.74, 6) is -0.453. The highest BCUT2D eigenvalue weighted by Crippen LogP contribution is 2.09. The van der Waals surface area contributed by atoms with Crippen LogP contribution in [-0.4, -0.2) is 30.4 Å². The molecule has 0 saturated carbocycles. The summed E-state index contributed by atoms with van der Waals surface area (Å²) in [6, 6.07) is 28.2. The van der Waals surface area contributed by atoms with Crippen molar-refractivity contribution in [1.82, 2.24) is 5.32 Å². The Bertz CT molecular complexity index is 978. The normalized spacial score (nSPS) is 12.6. The second kappa shape index (κ2) is 13.3. The molecule has 0 aliphatic carbocycles. The van der Waals surface area contributed by atoms with E-state index in [9.17, 15) is 9.59 Å². The van der Waals surface area contributed by atoms with Gasteiger partial charge in [-0.3, -0.25) is 9.59 Å².